The molecule has 2 rings (SSSR count). The topological polar surface area (TPSA) is 63.7 Å². The molecule has 1 heterocycles. The van der Waals surface area contributed by atoms with Crippen LogP contribution in [0.4, 0.5) is 0 Å². The van der Waals surface area contributed by atoms with Gasteiger partial charge in [0.05, 0.1) is 6.42 Å². The zero-order valence-electron chi connectivity index (χ0n) is 11.0. The van der Waals surface area contributed by atoms with Crippen LogP contribution in [-0.4, -0.2) is 29.2 Å². The van der Waals surface area contributed by atoms with Crippen LogP contribution in [0.2, 0.25) is 5.02 Å². The van der Waals surface area contributed by atoms with Crippen molar-refractivity contribution in [1.29, 1.82) is 0 Å². The summed E-state index contributed by atoms with van der Waals surface area (Å²) in [5.41, 5.74) is 0.749. The Hall–Kier alpha value is -1.88. The molecular weight excluding hydrogens is 282 g/mol. The van der Waals surface area contributed by atoms with Crippen molar-refractivity contribution < 1.29 is 19.1 Å². The van der Waals surface area contributed by atoms with Crippen molar-refractivity contribution in [2.45, 2.75) is 26.2 Å². The summed E-state index contributed by atoms with van der Waals surface area (Å²) in [5.74, 6) is -0.516. The SMILES string of the molecule is Cc1cc(Cl)ccc1OC(=O)CCN1C(=O)CCC1=O. The Bertz CT molecular complexity index is 554. The molecule has 106 valence electrons. The minimum Gasteiger partial charge on any atom is -0.426 e. The first-order valence-corrected chi connectivity index (χ1v) is 6.65. The van der Waals surface area contributed by atoms with E-state index in [4.69, 9.17) is 16.3 Å². The van der Waals surface area contributed by atoms with Gasteiger partial charge in [-0.15, -0.1) is 0 Å². The number of rotatable bonds is 4. The number of likely N-dealkylation sites (tertiary alicyclic amines) is 1. The Balaban J connectivity index is 1.89. The number of carbonyl (C=O) groups excluding carboxylic acids is 3. The molecule has 0 radical (unpaired) electrons. The highest BCUT2D eigenvalue weighted by Crippen LogP contribution is 2.22. The van der Waals surface area contributed by atoms with Crippen molar-refractivity contribution in [2.75, 3.05) is 6.54 Å². The van der Waals surface area contributed by atoms with E-state index in [2.05, 4.69) is 0 Å². The van der Waals surface area contributed by atoms with Crippen molar-refractivity contribution in [2.24, 2.45) is 0 Å². The van der Waals surface area contributed by atoms with Crippen LogP contribution in [0.25, 0.3) is 0 Å². The number of esters is 1. The van der Waals surface area contributed by atoms with Crippen molar-refractivity contribution in [3.8, 4) is 5.75 Å². The Morgan fingerprint density at radius 2 is 1.95 bits per heavy atom. The van der Waals surface area contributed by atoms with E-state index in [0.29, 0.717) is 10.8 Å². The van der Waals surface area contributed by atoms with Crippen LogP contribution < -0.4 is 4.74 Å². The van der Waals surface area contributed by atoms with Gasteiger partial charge in [0.15, 0.2) is 0 Å². The number of hydrogen-bond acceptors (Lipinski definition) is 4. The molecule has 1 saturated heterocycles. The van der Waals surface area contributed by atoms with Crippen LogP contribution in [0.5, 0.6) is 5.75 Å². The van der Waals surface area contributed by atoms with Gasteiger partial charge in [-0.3, -0.25) is 19.3 Å². The third-order valence-corrected chi connectivity index (χ3v) is 3.29. The average molecular weight is 296 g/mol. The molecular formula is C14H14ClNO4. The van der Waals surface area contributed by atoms with Gasteiger partial charge in [0.1, 0.15) is 5.75 Å². The van der Waals surface area contributed by atoms with Crippen molar-refractivity contribution in [3.05, 3.63) is 28.8 Å². The second kappa shape index (κ2) is 6.05. The molecule has 1 aromatic rings. The smallest absolute Gasteiger partial charge is 0.313 e. The van der Waals surface area contributed by atoms with E-state index in [1.807, 2.05) is 0 Å². The van der Waals surface area contributed by atoms with Crippen LogP contribution in [0.15, 0.2) is 18.2 Å². The van der Waals surface area contributed by atoms with Gasteiger partial charge in [0, 0.05) is 24.4 Å². The quantitative estimate of drug-likeness (QED) is 0.485. The van der Waals surface area contributed by atoms with Gasteiger partial charge < -0.3 is 4.74 Å². The highest BCUT2D eigenvalue weighted by atomic mass is 35.5. The first kappa shape index (κ1) is 14.5. The Labute approximate surface area is 121 Å². The van der Waals surface area contributed by atoms with Gasteiger partial charge >= 0.3 is 5.97 Å². The third-order valence-electron chi connectivity index (χ3n) is 3.06. The molecule has 1 aliphatic rings. The van der Waals surface area contributed by atoms with E-state index < -0.39 is 5.97 Å². The lowest BCUT2D eigenvalue weighted by atomic mass is 10.2. The maximum atomic E-state index is 11.7. The molecule has 0 saturated carbocycles. The summed E-state index contributed by atoms with van der Waals surface area (Å²) >= 11 is 5.81. The average Bonchev–Trinajstić information content (AvgIpc) is 2.70. The minimum atomic E-state index is -0.483. The van der Waals surface area contributed by atoms with E-state index in [9.17, 15) is 14.4 Å². The number of ether oxygens (including phenoxy) is 1. The Morgan fingerprint density at radius 1 is 1.30 bits per heavy atom. The summed E-state index contributed by atoms with van der Waals surface area (Å²) in [7, 11) is 0. The largest absolute Gasteiger partial charge is 0.426 e. The standard InChI is InChI=1S/C14H14ClNO4/c1-9-8-10(15)2-3-11(9)20-14(19)6-7-16-12(17)4-5-13(16)18/h2-3,8H,4-7H2,1H3. The predicted octanol–water partition coefficient (Wildman–Crippen LogP) is 2.09. The molecule has 0 unspecified atom stereocenters. The van der Waals surface area contributed by atoms with Crippen LogP contribution in [-0.2, 0) is 14.4 Å². The molecule has 6 heteroatoms. The summed E-state index contributed by atoms with van der Waals surface area (Å²) < 4.78 is 5.18. The van der Waals surface area contributed by atoms with E-state index >= 15 is 0 Å². The fourth-order valence-electron chi connectivity index (χ4n) is 1.98. The van der Waals surface area contributed by atoms with E-state index in [0.717, 1.165) is 10.5 Å². The number of benzene rings is 1. The number of imide groups is 1. The highest BCUT2D eigenvalue weighted by Gasteiger charge is 2.29. The van der Waals surface area contributed by atoms with Gasteiger partial charge in [-0.25, -0.2) is 0 Å². The number of hydrogen-bond donors (Lipinski definition) is 0. The molecule has 1 aromatic carbocycles. The van der Waals surface area contributed by atoms with Crippen LogP contribution in [0, 0.1) is 6.92 Å². The lowest BCUT2D eigenvalue weighted by Crippen LogP contribution is -2.32. The van der Waals surface area contributed by atoms with Crippen LogP contribution >= 0.6 is 11.6 Å². The summed E-state index contributed by atoms with van der Waals surface area (Å²) in [6, 6.07) is 4.93. The Morgan fingerprint density at radius 3 is 2.55 bits per heavy atom. The minimum absolute atomic E-state index is 0.0143. The van der Waals surface area contributed by atoms with Gasteiger partial charge in [-0.2, -0.15) is 0 Å². The molecule has 0 aliphatic carbocycles. The summed E-state index contributed by atoms with van der Waals surface area (Å²) in [5, 5.41) is 0.565. The van der Waals surface area contributed by atoms with Gasteiger partial charge in [0.25, 0.3) is 0 Å². The fraction of sp³-hybridized carbons (Fsp3) is 0.357. The van der Waals surface area contributed by atoms with Crippen LogP contribution in [0.3, 0.4) is 0 Å². The number of aryl methyl sites for hydroxylation is 1. The maximum Gasteiger partial charge on any atom is 0.313 e. The van der Waals surface area contributed by atoms with Crippen molar-refractivity contribution >= 4 is 29.4 Å². The number of halogens is 1. The number of amides is 2. The summed E-state index contributed by atoms with van der Waals surface area (Å²) in [6.45, 7) is 1.85. The molecule has 2 amide bonds. The molecule has 0 spiro atoms. The van der Waals surface area contributed by atoms with Crippen LogP contribution in [0.1, 0.15) is 24.8 Å². The number of carbonyl (C=O) groups is 3. The maximum absolute atomic E-state index is 11.7. The van der Waals surface area contributed by atoms with E-state index in [1.165, 1.54) is 0 Å². The molecule has 1 aliphatic heterocycles. The van der Waals surface area contributed by atoms with Gasteiger partial charge in [0.2, 0.25) is 11.8 Å². The zero-order valence-corrected chi connectivity index (χ0v) is 11.8. The molecule has 0 N–H and O–H groups in total. The first-order chi connectivity index (χ1) is 9.47. The summed E-state index contributed by atoms with van der Waals surface area (Å²) in [6.07, 6.45) is 0.438. The van der Waals surface area contributed by atoms with Gasteiger partial charge in [-0.1, -0.05) is 11.6 Å². The highest BCUT2D eigenvalue weighted by molar-refractivity contribution is 6.30. The number of nitrogens with zero attached hydrogens (tertiary/aromatic N) is 1. The molecule has 0 atom stereocenters. The monoisotopic (exact) mass is 295 g/mol. The second-order valence-corrected chi connectivity index (χ2v) is 5.01. The second-order valence-electron chi connectivity index (χ2n) is 4.57. The normalized spacial score (nSPS) is 14.8. The molecule has 1 fully saturated rings. The van der Waals surface area contributed by atoms with Crippen molar-refractivity contribution in [1.82, 2.24) is 4.90 Å². The lowest BCUT2D eigenvalue weighted by Gasteiger charge is -2.13. The predicted molar refractivity (Wildman–Crippen MR) is 72.4 cm³/mol. The summed E-state index contributed by atoms with van der Waals surface area (Å²) in [4.78, 5) is 35.6. The first-order valence-electron chi connectivity index (χ1n) is 6.27. The molecule has 20 heavy (non-hydrogen) atoms. The van der Waals surface area contributed by atoms with Gasteiger partial charge in [-0.05, 0) is 30.7 Å². The van der Waals surface area contributed by atoms with E-state index in [1.54, 1.807) is 25.1 Å². The third kappa shape index (κ3) is 3.36. The lowest BCUT2D eigenvalue weighted by molar-refractivity contribution is -0.140. The molecule has 5 nitrogen and oxygen atoms in total. The Kier molecular flexibility index (Phi) is 4.39. The molecule has 0 bridgehead atoms. The molecule has 0 aromatic heterocycles. The van der Waals surface area contributed by atoms with Crippen molar-refractivity contribution in [3.63, 3.8) is 0 Å². The fourth-order valence-corrected chi connectivity index (χ4v) is 2.20. The van der Waals surface area contributed by atoms with E-state index in [-0.39, 0.29) is 37.6 Å². The zero-order chi connectivity index (χ0) is 14.7.